The second-order valence-corrected chi connectivity index (χ2v) is 19.9. The molecular formula is C61H114O5. The Morgan fingerprint density at radius 1 is 0.348 bits per heavy atom. The van der Waals surface area contributed by atoms with Crippen molar-refractivity contribution in [2.75, 3.05) is 19.8 Å². The second-order valence-electron chi connectivity index (χ2n) is 19.9. The van der Waals surface area contributed by atoms with Crippen LogP contribution in [0.3, 0.4) is 0 Å². The summed E-state index contributed by atoms with van der Waals surface area (Å²) in [6, 6.07) is 0. The number of hydrogen-bond donors (Lipinski definition) is 0. The third-order valence-electron chi connectivity index (χ3n) is 13.2. The molecule has 0 heterocycles. The van der Waals surface area contributed by atoms with Crippen molar-refractivity contribution in [3.8, 4) is 0 Å². The van der Waals surface area contributed by atoms with Gasteiger partial charge in [0.1, 0.15) is 6.61 Å². The first kappa shape index (κ1) is 64.1. The Morgan fingerprint density at radius 2 is 0.682 bits per heavy atom. The fourth-order valence-electron chi connectivity index (χ4n) is 8.82. The van der Waals surface area contributed by atoms with Gasteiger partial charge in [-0.15, -0.1) is 0 Å². The van der Waals surface area contributed by atoms with Gasteiger partial charge in [0.15, 0.2) is 6.10 Å². The highest BCUT2D eigenvalue weighted by molar-refractivity contribution is 5.70. The second kappa shape index (κ2) is 57.4. The molecule has 388 valence electrons. The number of ether oxygens (including phenoxy) is 3. The van der Waals surface area contributed by atoms with Crippen LogP contribution in [-0.4, -0.2) is 37.9 Å². The summed E-state index contributed by atoms with van der Waals surface area (Å²) in [7, 11) is 0. The van der Waals surface area contributed by atoms with E-state index in [1.165, 1.54) is 218 Å². The van der Waals surface area contributed by atoms with Gasteiger partial charge in [-0.2, -0.15) is 0 Å². The van der Waals surface area contributed by atoms with E-state index in [0.29, 0.717) is 19.4 Å². The summed E-state index contributed by atoms with van der Waals surface area (Å²) in [4.78, 5) is 25.5. The van der Waals surface area contributed by atoms with Crippen molar-refractivity contribution in [2.45, 2.75) is 322 Å². The molecule has 0 aliphatic rings. The van der Waals surface area contributed by atoms with Crippen LogP contribution in [-0.2, 0) is 23.8 Å². The third-order valence-corrected chi connectivity index (χ3v) is 13.2. The molecule has 0 bridgehead atoms. The van der Waals surface area contributed by atoms with Gasteiger partial charge in [-0.3, -0.25) is 9.59 Å². The molecule has 0 radical (unpaired) electrons. The fraction of sp³-hybridized carbons (Fsp3) is 0.869. The largest absolute Gasteiger partial charge is 0.462 e. The minimum atomic E-state index is -0.540. The van der Waals surface area contributed by atoms with E-state index in [9.17, 15) is 9.59 Å². The van der Waals surface area contributed by atoms with E-state index in [1.807, 2.05) is 0 Å². The third kappa shape index (κ3) is 54.7. The minimum absolute atomic E-state index is 0.0852. The maximum Gasteiger partial charge on any atom is 0.306 e. The average Bonchev–Trinajstić information content (AvgIpc) is 3.32. The summed E-state index contributed by atoms with van der Waals surface area (Å²) in [5, 5.41) is 0. The molecule has 0 amide bonds. The molecule has 5 heteroatoms. The first-order valence-corrected chi connectivity index (χ1v) is 29.5. The Morgan fingerprint density at radius 3 is 1.09 bits per heavy atom. The number of allylic oxidation sites excluding steroid dienone is 6. The minimum Gasteiger partial charge on any atom is -0.462 e. The smallest absolute Gasteiger partial charge is 0.306 e. The quantitative estimate of drug-likeness (QED) is 0.0345. The van der Waals surface area contributed by atoms with E-state index in [4.69, 9.17) is 14.2 Å². The highest BCUT2D eigenvalue weighted by Gasteiger charge is 2.17. The van der Waals surface area contributed by atoms with Crippen LogP contribution in [0.25, 0.3) is 0 Å². The SMILES string of the molecule is CC/C=C\C/C=C\C/C=C\CCCCCCCC(=O)OC(COCCCCCCCCCCCCCCCCCC)COC(=O)CCCCCCCCCCCCCCCCCCCCC. The van der Waals surface area contributed by atoms with E-state index in [-0.39, 0.29) is 25.2 Å². The standard InChI is InChI=1S/C61H114O5/c1-4-7-10-13-16-19-22-25-28-30-31-32-34-36-39-42-45-48-51-54-60(62)65-58-59(57-64-56-53-50-47-44-41-38-35-29-26-23-20-17-14-11-8-5-2)66-61(63)55-52-49-46-43-40-37-33-27-24-21-18-15-12-9-6-3/h9,12,18,21,27,33,59H,4-8,10-11,13-17,19-20,22-26,28-32,34-58H2,1-3H3/b12-9-,21-18-,33-27-. The molecule has 0 rings (SSSR count). The highest BCUT2D eigenvalue weighted by Crippen LogP contribution is 2.17. The van der Waals surface area contributed by atoms with E-state index in [0.717, 1.165) is 64.2 Å². The van der Waals surface area contributed by atoms with E-state index < -0.39 is 6.10 Å². The summed E-state index contributed by atoms with van der Waals surface area (Å²) in [5.74, 6) is -0.394. The Labute approximate surface area is 412 Å². The van der Waals surface area contributed by atoms with Crippen LogP contribution in [0.1, 0.15) is 316 Å². The van der Waals surface area contributed by atoms with Gasteiger partial charge in [-0.05, 0) is 51.4 Å². The number of rotatable bonds is 55. The Bertz CT molecular complexity index is 1050. The van der Waals surface area contributed by atoms with Crippen molar-refractivity contribution >= 4 is 11.9 Å². The van der Waals surface area contributed by atoms with E-state index >= 15 is 0 Å². The number of carbonyl (C=O) groups is 2. The summed E-state index contributed by atoms with van der Waals surface area (Å²) in [5.41, 5.74) is 0. The van der Waals surface area contributed by atoms with Gasteiger partial charge in [0, 0.05) is 19.4 Å². The van der Waals surface area contributed by atoms with Crippen LogP contribution in [0.5, 0.6) is 0 Å². The lowest BCUT2D eigenvalue weighted by atomic mass is 10.0. The zero-order chi connectivity index (χ0) is 47.7. The summed E-state index contributed by atoms with van der Waals surface area (Å²) in [6.07, 6.45) is 70.3. The number of esters is 2. The number of hydrogen-bond acceptors (Lipinski definition) is 5. The van der Waals surface area contributed by atoms with E-state index in [1.54, 1.807) is 0 Å². The molecule has 1 atom stereocenters. The first-order valence-electron chi connectivity index (χ1n) is 29.5. The van der Waals surface area contributed by atoms with Gasteiger partial charge in [0.05, 0.1) is 6.61 Å². The summed E-state index contributed by atoms with van der Waals surface area (Å²) >= 11 is 0. The van der Waals surface area contributed by atoms with Gasteiger partial charge in [0.2, 0.25) is 0 Å². The van der Waals surface area contributed by atoms with Crippen molar-refractivity contribution in [3.05, 3.63) is 36.5 Å². The predicted octanol–water partition coefficient (Wildman–Crippen LogP) is 20.1. The molecule has 1 unspecified atom stereocenters. The highest BCUT2D eigenvalue weighted by atomic mass is 16.6. The van der Waals surface area contributed by atoms with Crippen molar-refractivity contribution in [1.29, 1.82) is 0 Å². The van der Waals surface area contributed by atoms with Crippen molar-refractivity contribution in [2.24, 2.45) is 0 Å². The molecule has 5 nitrogen and oxygen atoms in total. The van der Waals surface area contributed by atoms with Crippen molar-refractivity contribution in [1.82, 2.24) is 0 Å². The maximum absolute atomic E-state index is 12.8. The Hall–Kier alpha value is -1.88. The molecule has 0 fully saturated rings. The Kier molecular flexibility index (Phi) is 55.8. The zero-order valence-electron chi connectivity index (χ0n) is 44.7. The lowest BCUT2D eigenvalue weighted by Gasteiger charge is -2.18. The number of carbonyl (C=O) groups excluding carboxylic acids is 2. The molecule has 66 heavy (non-hydrogen) atoms. The normalized spacial score (nSPS) is 12.3. The molecule has 0 saturated heterocycles. The molecule has 0 aliphatic heterocycles. The fourth-order valence-corrected chi connectivity index (χ4v) is 8.82. The predicted molar refractivity (Wildman–Crippen MR) is 288 cm³/mol. The van der Waals surface area contributed by atoms with Crippen molar-refractivity contribution < 1.29 is 23.8 Å². The first-order chi connectivity index (χ1) is 32.6. The van der Waals surface area contributed by atoms with Crippen LogP contribution < -0.4 is 0 Å². The summed E-state index contributed by atoms with van der Waals surface area (Å²) < 4.78 is 17.5. The lowest BCUT2D eigenvalue weighted by molar-refractivity contribution is -0.163. The van der Waals surface area contributed by atoms with Gasteiger partial charge in [-0.25, -0.2) is 0 Å². The lowest BCUT2D eigenvalue weighted by Crippen LogP contribution is -2.30. The van der Waals surface area contributed by atoms with Crippen LogP contribution >= 0.6 is 0 Å². The monoisotopic (exact) mass is 927 g/mol. The van der Waals surface area contributed by atoms with Gasteiger partial charge >= 0.3 is 11.9 Å². The zero-order valence-corrected chi connectivity index (χ0v) is 44.7. The molecule has 0 saturated carbocycles. The van der Waals surface area contributed by atoms with Crippen molar-refractivity contribution in [3.63, 3.8) is 0 Å². The van der Waals surface area contributed by atoms with Crippen LogP contribution in [0.2, 0.25) is 0 Å². The molecular weight excluding hydrogens is 813 g/mol. The maximum atomic E-state index is 12.8. The Balaban J connectivity index is 4.22. The molecule has 0 aliphatic carbocycles. The van der Waals surface area contributed by atoms with Crippen LogP contribution in [0.15, 0.2) is 36.5 Å². The molecule has 0 aromatic rings. The molecule has 0 N–H and O–H groups in total. The summed E-state index contributed by atoms with van der Waals surface area (Å²) in [6.45, 7) is 7.77. The van der Waals surface area contributed by atoms with E-state index in [2.05, 4.69) is 57.2 Å². The van der Waals surface area contributed by atoms with Crippen LogP contribution in [0.4, 0.5) is 0 Å². The van der Waals surface area contributed by atoms with Gasteiger partial charge in [-0.1, -0.05) is 288 Å². The van der Waals surface area contributed by atoms with Gasteiger partial charge in [0.25, 0.3) is 0 Å². The molecule has 0 aromatic heterocycles. The van der Waals surface area contributed by atoms with Gasteiger partial charge < -0.3 is 14.2 Å². The number of unbranched alkanes of at least 4 members (excludes halogenated alkanes) is 38. The molecule has 0 aromatic carbocycles. The average molecular weight is 928 g/mol. The topological polar surface area (TPSA) is 61.8 Å². The molecule has 0 spiro atoms. The van der Waals surface area contributed by atoms with Crippen LogP contribution in [0, 0.1) is 0 Å².